The number of ether oxygens (including phenoxy) is 2. The first-order valence-corrected chi connectivity index (χ1v) is 8.31. The molecule has 0 aliphatic carbocycles. The molecule has 1 aliphatic rings. The number of primary amides is 1. The van der Waals surface area contributed by atoms with E-state index in [-0.39, 0.29) is 0 Å². The van der Waals surface area contributed by atoms with E-state index in [9.17, 15) is 4.79 Å². The van der Waals surface area contributed by atoms with E-state index in [1.165, 1.54) is 0 Å². The fourth-order valence-corrected chi connectivity index (χ4v) is 2.59. The first-order chi connectivity index (χ1) is 12.2. The second-order valence-electron chi connectivity index (χ2n) is 5.85. The first kappa shape index (κ1) is 17.5. The van der Waals surface area contributed by atoms with Crippen LogP contribution in [0.2, 0.25) is 0 Å². The Morgan fingerprint density at radius 2 is 2.04 bits per heavy atom. The van der Waals surface area contributed by atoms with E-state index >= 15 is 0 Å². The van der Waals surface area contributed by atoms with Crippen LogP contribution in [-0.2, 0) is 16.1 Å². The molecule has 0 aromatic carbocycles. The van der Waals surface area contributed by atoms with Crippen molar-refractivity contribution in [3.05, 3.63) is 47.8 Å². The molecular formula is C18H22N4O3. The van der Waals surface area contributed by atoms with Gasteiger partial charge in [0.1, 0.15) is 0 Å². The van der Waals surface area contributed by atoms with Crippen LogP contribution in [0.1, 0.15) is 15.9 Å². The topological polar surface area (TPSA) is 90.6 Å². The third-order valence-corrected chi connectivity index (χ3v) is 4.06. The molecule has 2 N–H and O–H groups in total. The average Bonchev–Trinajstić information content (AvgIpc) is 2.67. The summed E-state index contributed by atoms with van der Waals surface area (Å²) in [5.41, 5.74) is 8.02. The van der Waals surface area contributed by atoms with Gasteiger partial charge in [0.05, 0.1) is 37.8 Å². The number of morpholine rings is 1. The Labute approximate surface area is 146 Å². The third-order valence-electron chi connectivity index (χ3n) is 4.06. The van der Waals surface area contributed by atoms with Crippen molar-refractivity contribution < 1.29 is 14.3 Å². The highest BCUT2D eigenvalue weighted by Gasteiger charge is 2.09. The molecule has 0 unspecified atom stereocenters. The van der Waals surface area contributed by atoms with Crippen molar-refractivity contribution in [3.8, 4) is 11.4 Å². The molecule has 0 radical (unpaired) electrons. The quantitative estimate of drug-likeness (QED) is 0.758. The van der Waals surface area contributed by atoms with Crippen LogP contribution < -0.4 is 5.73 Å². The lowest BCUT2D eigenvalue weighted by molar-refractivity contribution is 0.0180. The number of carbonyl (C=O) groups is 1. The van der Waals surface area contributed by atoms with Crippen LogP contribution in [0, 0.1) is 0 Å². The zero-order valence-electron chi connectivity index (χ0n) is 14.1. The molecule has 7 nitrogen and oxygen atoms in total. The van der Waals surface area contributed by atoms with Crippen molar-refractivity contribution in [1.29, 1.82) is 0 Å². The van der Waals surface area contributed by atoms with Crippen molar-refractivity contribution in [3.63, 3.8) is 0 Å². The molecule has 0 atom stereocenters. The van der Waals surface area contributed by atoms with Gasteiger partial charge in [-0.25, -0.2) is 0 Å². The summed E-state index contributed by atoms with van der Waals surface area (Å²) in [6.07, 6.45) is 3.32. The minimum Gasteiger partial charge on any atom is -0.379 e. The van der Waals surface area contributed by atoms with Gasteiger partial charge in [0.15, 0.2) is 0 Å². The summed E-state index contributed by atoms with van der Waals surface area (Å²) in [4.78, 5) is 22.2. The summed E-state index contributed by atoms with van der Waals surface area (Å²) < 4.78 is 11.0. The van der Waals surface area contributed by atoms with E-state index < -0.39 is 5.91 Å². The average molecular weight is 342 g/mol. The second kappa shape index (κ2) is 8.66. The number of rotatable bonds is 7. The Kier molecular flexibility index (Phi) is 6.05. The number of pyridine rings is 2. The number of nitrogens with two attached hydrogens (primary N) is 1. The number of carbonyl (C=O) groups excluding carboxylic acids is 1. The molecule has 132 valence electrons. The summed E-state index contributed by atoms with van der Waals surface area (Å²) in [5.74, 6) is -0.478. The lowest BCUT2D eigenvalue weighted by Crippen LogP contribution is -2.38. The van der Waals surface area contributed by atoms with Crippen LogP contribution in [0.4, 0.5) is 0 Å². The Hall–Kier alpha value is -2.35. The molecule has 25 heavy (non-hydrogen) atoms. The molecule has 1 fully saturated rings. The summed E-state index contributed by atoms with van der Waals surface area (Å²) in [6.45, 7) is 5.66. The predicted molar refractivity (Wildman–Crippen MR) is 92.9 cm³/mol. The van der Waals surface area contributed by atoms with Crippen molar-refractivity contribution in [2.75, 3.05) is 39.5 Å². The maximum Gasteiger partial charge on any atom is 0.248 e. The van der Waals surface area contributed by atoms with E-state index in [2.05, 4.69) is 14.9 Å². The largest absolute Gasteiger partial charge is 0.379 e. The third kappa shape index (κ3) is 5.06. The molecule has 2 aromatic heterocycles. The SMILES string of the molecule is NC(=O)c1ccnc(-c2ccc(COCCN3CCOCC3)cn2)c1. The van der Waals surface area contributed by atoms with Gasteiger partial charge in [-0.15, -0.1) is 0 Å². The molecule has 2 aromatic rings. The van der Waals surface area contributed by atoms with Crippen molar-refractivity contribution >= 4 is 5.91 Å². The number of hydrogen-bond acceptors (Lipinski definition) is 6. The smallest absolute Gasteiger partial charge is 0.248 e. The van der Waals surface area contributed by atoms with Crippen LogP contribution in [0.15, 0.2) is 36.7 Å². The Morgan fingerprint density at radius 3 is 2.76 bits per heavy atom. The van der Waals surface area contributed by atoms with E-state index in [0.717, 1.165) is 38.4 Å². The molecule has 0 bridgehead atoms. The van der Waals surface area contributed by atoms with Gasteiger partial charge in [-0.2, -0.15) is 0 Å². The van der Waals surface area contributed by atoms with Gasteiger partial charge in [-0.05, 0) is 23.8 Å². The van der Waals surface area contributed by atoms with Gasteiger partial charge in [-0.3, -0.25) is 19.7 Å². The van der Waals surface area contributed by atoms with E-state index in [1.54, 1.807) is 24.5 Å². The van der Waals surface area contributed by atoms with Gasteiger partial charge in [0.2, 0.25) is 5.91 Å². The van der Waals surface area contributed by atoms with Gasteiger partial charge in [0, 0.05) is 37.6 Å². The minimum atomic E-state index is -0.478. The monoisotopic (exact) mass is 342 g/mol. The molecule has 3 heterocycles. The minimum absolute atomic E-state index is 0.419. The maximum atomic E-state index is 11.2. The van der Waals surface area contributed by atoms with E-state index in [0.29, 0.717) is 30.2 Å². The van der Waals surface area contributed by atoms with E-state index in [1.807, 2.05) is 12.1 Å². The zero-order valence-corrected chi connectivity index (χ0v) is 14.1. The predicted octanol–water partition coefficient (Wildman–Crippen LogP) is 1.09. The molecular weight excluding hydrogens is 320 g/mol. The molecule has 1 amide bonds. The second-order valence-corrected chi connectivity index (χ2v) is 5.85. The number of hydrogen-bond donors (Lipinski definition) is 1. The molecule has 1 aliphatic heterocycles. The maximum absolute atomic E-state index is 11.2. The molecule has 0 saturated carbocycles. The van der Waals surface area contributed by atoms with Gasteiger partial charge < -0.3 is 15.2 Å². The van der Waals surface area contributed by atoms with Crippen molar-refractivity contribution in [2.45, 2.75) is 6.61 Å². The van der Waals surface area contributed by atoms with Crippen LogP contribution in [0.5, 0.6) is 0 Å². The standard InChI is InChI=1S/C18H22N4O3/c19-18(23)15-3-4-20-17(11-15)16-2-1-14(12-21-16)13-25-10-7-22-5-8-24-9-6-22/h1-4,11-12H,5-10,13H2,(H2,19,23). The summed E-state index contributed by atoms with van der Waals surface area (Å²) in [6, 6.07) is 7.05. The van der Waals surface area contributed by atoms with Crippen LogP contribution in [0.25, 0.3) is 11.4 Å². The Morgan fingerprint density at radius 1 is 1.20 bits per heavy atom. The lowest BCUT2D eigenvalue weighted by atomic mass is 10.1. The lowest BCUT2D eigenvalue weighted by Gasteiger charge is -2.26. The first-order valence-electron chi connectivity index (χ1n) is 8.31. The molecule has 0 spiro atoms. The highest BCUT2D eigenvalue weighted by atomic mass is 16.5. The van der Waals surface area contributed by atoms with Crippen LogP contribution in [-0.4, -0.2) is 60.2 Å². The van der Waals surface area contributed by atoms with Gasteiger partial charge >= 0.3 is 0 Å². The highest BCUT2D eigenvalue weighted by molar-refractivity contribution is 5.93. The fourth-order valence-electron chi connectivity index (χ4n) is 2.59. The van der Waals surface area contributed by atoms with Crippen molar-refractivity contribution in [1.82, 2.24) is 14.9 Å². The van der Waals surface area contributed by atoms with Gasteiger partial charge in [-0.1, -0.05) is 6.07 Å². The molecule has 7 heteroatoms. The summed E-state index contributed by atoms with van der Waals surface area (Å²) in [5, 5.41) is 0. The van der Waals surface area contributed by atoms with Crippen LogP contribution in [0.3, 0.4) is 0 Å². The summed E-state index contributed by atoms with van der Waals surface area (Å²) in [7, 11) is 0. The Bertz CT molecular complexity index is 700. The zero-order chi connectivity index (χ0) is 17.5. The van der Waals surface area contributed by atoms with Gasteiger partial charge in [0.25, 0.3) is 0 Å². The normalized spacial score (nSPS) is 15.2. The molecule has 3 rings (SSSR count). The number of amides is 1. The highest BCUT2D eigenvalue weighted by Crippen LogP contribution is 2.16. The fraction of sp³-hybridized carbons (Fsp3) is 0.389. The molecule has 1 saturated heterocycles. The Balaban J connectivity index is 1.50. The number of aromatic nitrogens is 2. The summed E-state index contributed by atoms with van der Waals surface area (Å²) >= 11 is 0. The van der Waals surface area contributed by atoms with Crippen LogP contribution >= 0.6 is 0 Å². The van der Waals surface area contributed by atoms with E-state index in [4.69, 9.17) is 15.2 Å². The van der Waals surface area contributed by atoms with Crippen molar-refractivity contribution in [2.24, 2.45) is 5.73 Å². The number of nitrogens with zero attached hydrogens (tertiary/aromatic N) is 3.